The summed E-state index contributed by atoms with van der Waals surface area (Å²) in [7, 11) is 0. The van der Waals surface area contributed by atoms with Crippen molar-refractivity contribution in [2.75, 3.05) is 5.32 Å². The van der Waals surface area contributed by atoms with Gasteiger partial charge >= 0.3 is 6.18 Å². The molecule has 0 bridgehead atoms. The molecule has 2 rings (SSSR count). The van der Waals surface area contributed by atoms with Crippen molar-refractivity contribution < 1.29 is 23.1 Å². The van der Waals surface area contributed by atoms with Gasteiger partial charge in [-0.1, -0.05) is 41.9 Å². The summed E-state index contributed by atoms with van der Waals surface area (Å²) >= 11 is 5.79. The van der Waals surface area contributed by atoms with E-state index >= 15 is 0 Å². The number of nitrogens with zero attached hydrogens (tertiary/aromatic N) is 1. The van der Waals surface area contributed by atoms with E-state index in [-0.39, 0.29) is 21.8 Å². The van der Waals surface area contributed by atoms with Crippen LogP contribution < -0.4 is 5.32 Å². The first-order chi connectivity index (χ1) is 11.7. The van der Waals surface area contributed by atoms with Crippen LogP contribution in [0.5, 0.6) is 0 Å². The molecule has 0 spiro atoms. The fraction of sp³-hybridized carbons (Fsp3) is 0.176. The summed E-state index contributed by atoms with van der Waals surface area (Å²) in [5.41, 5.74) is -3.43. The number of hydrogen-bond donors (Lipinski definition) is 2. The Morgan fingerprint density at radius 3 is 2.36 bits per heavy atom. The average molecular weight is 369 g/mol. The molecule has 1 unspecified atom stereocenters. The molecule has 130 valence electrons. The number of carbonyl (C=O) groups is 1. The van der Waals surface area contributed by atoms with E-state index in [4.69, 9.17) is 16.9 Å². The summed E-state index contributed by atoms with van der Waals surface area (Å²) in [6.07, 6.45) is -6.13. The number of anilines is 1. The lowest BCUT2D eigenvalue weighted by Crippen LogP contribution is -2.56. The van der Waals surface area contributed by atoms with Gasteiger partial charge in [0.15, 0.2) is 0 Å². The molecule has 0 saturated carbocycles. The summed E-state index contributed by atoms with van der Waals surface area (Å²) in [6, 6.07) is 12.8. The molecule has 0 aromatic heterocycles. The third-order valence-corrected chi connectivity index (χ3v) is 3.81. The van der Waals surface area contributed by atoms with Crippen LogP contribution in [0.25, 0.3) is 0 Å². The Morgan fingerprint density at radius 2 is 1.84 bits per heavy atom. The van der Waals surface area contributed by atoms with Gasteiger partial charge in [0.05, 0.1) is 10.6 Å². The molecule has 2 aromatic rings. The van der Waals surface area contributed by atoms with E-state index < -0.39 is 24.1 Å². The van der Waals surface area contributed by atoms with Crippen LogP contribution >= 0.6 is 11.6 Å². The van der Waals surface area contributed by atoms with Gasteiger partial charge in [0.1, 0.15) is 6.07 Å². The average Bonchev–Trinajstić information content (AvgIpc) is 2.54. The molecule has 2 aromatic carbocycles. The van der Waals surface area contributed by atoms with Crippen molar-refractivity contribution in [3.05, 3.63) is 64.7 Å². The maximum atomic E-state index is 13.4. The van der Waals surface area contributed by atoms with Crippen molar-refractivity contribution in [1.82, 2.24) is 0 Å². The predicted octanol–water partition coefficient (Wildman–Crippen LogP) is 3.69. The minimum atomic E-state index is -5.19. The summed E-state index contributed by atoms with van der Waals surface area (Å²) < 4.78 is 40.1. The fourth-order valence-electron chi connectivity index (χ4n) is 2.12. The second-order valence-electron chi connectivity index (χ2n) is 5.28. The highest BCUT2D eigenvalue weighted by Crippen LogP contribution is 2.35. The van der Waals surface area contributed by atoms with Crippen molar-refractivity contribution in [2.45, 2.75) is 18.2 Å². The van der Waals surface area contributed by atoms with E-state index in [1.54, 1.807) is 12.1 Å². The van der Waals surface area contributed by atoms with Crippen LogP contribution in [0.15, 0.2) is 48.5 Å². The zero-order valence-corrected chi connectivity index (χ0v) is 13.4. The topological polar surface area (TPSA) is 73.1 Å². The van der Waals surface area contributed by atoms with Gasteiger partial charge < -0.3 is 10.4 Å². The molecule has 2 N–H and O–H groups in total. The van der Waals surface area contributed by atoms with Crippen LogP contribution in [0.2, 0.25) is 5.02 Å². The number of halogens is 4. The molecule has 25 heavy (non-hydrogen) atoms. The zero-order chi connectivity index (χ0) is 18.7. The molecule has 0 radical (unpaired) electrons. The van der Waals surface area contributed by atoms with E-state index in [2.05, 4.69) is 0 Å². The summed E-state index contributed by atoms with van der Waals surface area (Å²) in [5, 5.41) is 20.8. The van der Waals surface area contributed by atoms with Crippen molar-refractivity contribution in [1.29, 1.82) is 5.26 Å². The molecule has 8 heteroatoms. The van der Waals surface area contributed by atoms with Gasteiger partial charge in [-0.3, -0.25) is 4.79 Å². The number of rotatable bonds is 4. The smallest absolute Gasteiger partial charge is 0.372 e. The number of nitrogens with one attached hydrogen (secondary N) is 1. The maximum absolute atomic E-state index is 13.4. The molecule has 0 aliphatic carbocycles. The van der Waals surface area contributed by atoms with Crippen molar-refractivity contribution in [3.63, 3.8) is 0 Å². The van der Waals surface area contributed by atoms with Crippen LogP contribution in [0.3, 0.4) is 0 Å². The molecular formula is C17H12ClF3N2O2. The highest BCUT2D eigenvalue weighted by atomic mass is 35.5. The SMILES string of the molecule is N#Cc1ccc(NC(=O)C(O)(Cc2ccccc2)C(F)(F)F)cc1Cl. The number of nitriles is 1. The van der Waals surface area contributed by atoms with Gasteiger partial charge in [-0.15, -0.1) is 0 Å². The van der Waals surface area contributed by atoms with E-state index in [0.717, 1.165) is 6.07 Å². The summed E-state index contributed by atoms with van der Waals surface area (Å²) in [6.45, 7) is 0. The highest BCUT2D eigenvalue weighted by molar-refractivity contribution is 6.32. The minimum Gasteiger partial charge on any atom is -0.372 e. The monoisotopic (exact) mass is 368 g/mol. The molecular weight excluding hydrogens is 357 g/mol. The fourth-order valence-corrected chi connectivity index (χ4v) is 2.34. The Morgan fingerprint density at radius 1 is 1.20 bits per heavy atom. The molecule has 0 aliphatic heterocycles. The second-order valence-corrected chi connectivity index (χ2v) is 5.69. The molecule has 0 fully saturated rings. The van der Waals surface area contributed by atoms with Crippen LogP contribution in [-0.2, 0) is 11.2 Å². The van der Waals surface area contributed by atoms with Crippen LogP contribution in [0.4, 0.5) is 18.9 Å². The first-order valence-corrected chi connectivity index (χ1v) is 7.39. The Kier molecular flexibility index (Phi) is 5.36. The Labute approximate surface area is 146 Å². The van der Waals surface area contributed by atoms with Gasteiger partial charge in [0, 0.05) is 12.1 Å². The quantitative estimate of drug-likeness (QED) is 0.864. The molecule has 1 atom stereocenters. The summed E-state index contributed by atoms with van der Waals surface area (Å²) in [5.74, 6) is -1.63. The van der Waals surface area contributed by atoms with Gasteiger partial charge in [-0.2, -0.15) is 18.4 Å². The Hall–Kier alpha value is -2.56. The first kappa shape index (κ1) is 18.8. The minimum absolute atomic E-state index is 0.0288. The van der Waals surface area contributed by atoms with Crippen LogP contribution in [0.1, 0.15) is 11.1 Å². The third-order valence-electron chi connectivity index (χ3n) is 3.49. The Balaban J connectivity index is 2.30. The second kappa shape index (κ2) is 7.13. The zero-order valence-electron chi connectivity index (χ0n) is 12.6. The number of carbonyl (C=O) groups excluding carboxylic acids is 1. The molecule has 4 nitrogen and oxygen atoms in total. The van der Waals surface area contributed by atoms with E-state index in [9.17, 15) is 23.1 Å². The van der Waals surface area contributed by atoms with Crippen molar-refractivity contribution in [3.8, 4) is 6.07 Å². The van der Waals surface area contributed by atoms with Gasteiger partial charge in [0.2, 0.25) is 5.60 Å². The van der Waals surface area contributed by atoms with Crippen LogP contribution in [0, 0.1) is 11.3 Å². The van der Waals surface area contributed by atoms with Crippen molar-refractivity contribution in [2.24, 2.45) is 0 Å². The van der Waals surface area contributed by atoms with Gasteiger partial charge in [-0.25, -0.2) is 0 Å². The van der Waals surface area contributed by atoms with Crippen molar-refractivity contribution >= 4 is 23.2 Å². The molecule has 0 aliphatic rings. The largest absolute Gasteiger partial charge is 0.426 e. The molecule has 1 amide bonds. The van der Waals surface area contributed by atoms with Gasteiger partial charge in [-0.05, 0) is 23.8 Å². The number of benzene rings is 2. The lowest BCUT2D eigenvalue weighted by atomic mass is 9.92. The predicted molar refractivity (Wildman–Crippen MR) is 85.9 cm³/mol. The lowest BCUT2D eigenvalue weighted by Gasteiger charge is -2.29. The van der Waals surface area contributed by atoms with E-state index in [1.165, 1.54) is 36.4 Å². The number of hydrogen-bond acceptors (Lipinski definition) is 3. The lowest BCUT2D eigenvalue weighted by molar-refractivity contribution is -0.248. The number of alkyl halides is 3. The normalized spacial score (nSPS) is 13.6. The number of aliphatic hydroxyl groups is 1. The Bertz CT molecular complexity index is 819. The van der Waals surface area contributed by atoms with Crippen LogP contribution in [-0.4, -0.2) is 22.8 Å². The maximum Gasteiger partial charge on any atom is 0.426 e. The molecule has 0 heterocycles. The highest BCUT2D eigenvalue weighted by Gasteiger charge is 2.59. The number of amides is 1. The third kappa shape index (κ3) is 4.10. The standard InChI is InChI=1S/C17H12ClF3N2O2/c18-14-8-13(7-6-12(14)10-22)23-15(24)16(25,17(19,20)21)9-11-4-2-1-3-5-11/h1-8,25H,9H2,(H,23,24). The van der Waals surface area contributed by atoms with E-state index in [1.807, 2.05) is 5.32 Å². The first-order valence-electron chi connectivity index (χ1n) is 7.01. The summed E-state index contributed by atoms with van der Waals surface area (Å²) in [4.78, 5) is 12.2. The van der Waals surface area contributed by atoms with E-state index in [0.29, 0.717) is 0 Å². The van der Waals surface area contributed by atoms with Gasteiger partial charge in [0.25, 0.3) is 5.91 Å². The molecule has 0 saturated heterocycles.